The van der Waals surface area contributed by atoms with E-state index >= 15 is 0 Å². The van der Waals surface area contributed by atoms with Crippen molar-refractivity contribution in [3.05, 3.63) is 0 Å². The van der Waals surface area contributed by atoms with Crippen molar-refractivity contribution < 1.29 is 18.3 Å². The van der Waals surface area contributed by atoms with Crippen LogP contribution in [0.4, 0.5) is 4.79 Å². The average Bonchev–Trinajstić information content (AvgIpc) is 1.81. The minimum absolute atomic E-state index is 0.185. The predicted octanol–water partition coefficient (Wildman–Crippen LogP) is 0.399. The normalized spacial score (nSPS) is 11.0. The summed E-state index contributed by atoms with van der Waals surface area (Å²) >= 11 is 0. The van der Waals surface area contributed by atoms with Gasteiger partial charge in [0.05, 0.1) is 5.75 Å². The molecule has 1 amide bonds. The first-order valence-electron chi connectivity index (χ1n) is 3.16. The van der Waals surface area contributed by atoms with Gasteiger partial charge in [0.1, 0.15) is 0 Å². The maximum atomic E-state index is 10.7. The Kier molecular flexibility index (Phi) is 3.88. The average molecular weight is 180 g/mol. The third-order valence-corrected chi connectivity index (χ3v) is 2.21. The van der Waals surface area contributed by atoms with Crippen molar-refractivity contribution in [3.63, 3.8) is 0 Å². The molecule has 0 aromatic rings. The zero-order valence-electron chi connectivity index (χ0n) is 6.15. The van der Waals surface area contributed by atoms with Crippen LogP contribution < -0.4 is 4.72 Å². The van der Waals surface area contributed by atoms with Crippen LogP contribution in [0.15, 0.2) is 0 Å². The highest BCUT2D eigenvalue weighted by Crippen LogP contribution is 1.94. The van der Waals surface area contributed by atoms with Gasteiger partial charge in [-0.1, -0.05) is 18.1 Å². The topological polar surface area (TPSA) is 85.5 Å². The number of hydrogen-bond donors (Lipinski definition) is 1. The molecule has 0 saturated carbocycles. The van der Waals surface area contributed by atoms with Crippen LogP contribution in [0.2, 0.25) is 0 Å². The lowest BCUT2D eigenvalue weighted by Gasteiger charge is -1.97. The zero-order chi connectivity index (χ0) is 8.91. The first-order chi connectivity index (χ1) is 4.98. The Morgan fingerprint density at radius 3 is 2.45 bits per heavy atom. The molecule has 0 bridgehead atoms. The first kappa shape index (κ1) is 10.2. The van der Waals surface area contributed by atoms with Crippen molar-refractivity contribution in [2.75, 3.05) is 5.75 Å². The Balaban J connectivity index is 3.92. The Morgan fingerprint density at radius 1 is 1.55 bits per heavy atom. The summed E-state index contributed by atoms with van der Waals surface area (Å²) in [4.78, 5) is 9.83. The number of sulfonamides is 1. The largest absolute Gasteiger partial charge is 0.463 e. The van der Waals surface area contributed by atoms with Gasteiger partial charge in [0, 0.05) is 0 Å². The fourth-order valence-electron chi connectivity index (χ4n) is 0.491. The summed E-state index contributed by atoms with van der Waals surface area (Å²) in [6.45, 7) is 1.82. The van der Waals surface area contributed by atoms with E-state index in [4.69, 9.17) is 5.11 Å². The lowest BCUT2D eigenvalue weighted by Crippen LogP contribution is -2.23. The first-order valence-corrected chi connectivity index (χ1v) is 4.77. The molecule has 1 N–H and O–H groups in total. The molecule has 0 rings (SSSR count). The van der Waals surface area contributed by atoms with Gasteiger partial charge in [-0.3, -0.25) is 0 Å². The van der Waals surface area contributed by atoms with Gasteiger partial charge in [-0.05, 0) is 6.42 Å². The second kappa shape index (κ2) is 4.17. The van der Waals surface area contributed by atoms with Crippen LogP contribution in [0.3, 0.4) is 0 Å². The number of rotatable bonds is 4. The molecule has 0 saturated heterocycles. The minimum Gasteiger partial charge on any atom is -0.463 e. The summed E-state index contributed by atoms with van der Waals surface area (Å²) in [5, 5.41) is 8.00. The number of hydrogen-bond acceptors (Lipinski definition) is 3. The Hall–Kier alpha value is -0.780. The van der Waals surface area contributed by atoms with Crippen LogP contribution >= 0.6 is 0 Å². The molecule has 0 aromatic carbocycles. The van der Waals surface area contributed by atoms with E-state index in [0.717, 1.165) is 0 Å². The standard InChI is InChI=1S/C5H10NO4S/c1-2-3-4-11(9,10)6-5(7)8/h2-4H2,1H3,(H,7,8). The van der Waals surface area contributed by atoms with Gasteiger partial charge < -0.3 is 5.11 Å². The third-order valence-electron chi connectivity index (χ3n) is 0.973. The summed E-state index contributed by atoms with van der Waals surface area (Å²) in [5.74, 6) is -0.185. The number of amides is 1. The van der Waals surface area contributed by atoms with Crippen molar-refractivity contribution in [2.45, 2.75) is 19.8 Å². The van der Waals surface area contributed by atoms with Crippen molar-refractivity contribution in [1.29, 1.82) is 0 Å². The second-order valence-corrected chi connectivity index (χ2v) is 3.77. The van der Waals surface area contributed by atoms with Gasteiger partial charge >= 0.3 is 6.09 Å². The van der Waals surface area contributed by atoms with E-state index in [0.29, 0.717) is 12.8 Å². The summed E-state index contributed by atoms with van der Waals surface area (Å²) in [7, 11) is -3.72. The molecular weight excluding hydrogens is 170 g/mol. The molecule has 0 heterocycles. The van der Waals surface area contributed by atoms with Crippen LogP contribution in [0.5, 0.6) is 0 Å². The molecule has 0 aliphatic rings. The maximum Gasteiger partial charge on any atom is 0.442 e. The molecule has 0 fully saturated rings. The predicted molar refractivity (Wildman–Crippen MR) is 38.9 cm³/mol. The fraction of sp³-hybridized carbons (Fsp3) is 0.800. The molecule has 0 aromatic heterocycles. The number of carbonyl (C=O) groups is 1. The molecule has 0 spiro atoms. The van der Waals surface area contributed by atoms with Crippen LogP contribution in [0.1, 0.15) is 19.8 Å². The molecule has 11 heavy (non-hydrogen) atoms. The molecule has 65 valence electrons. The SMILES string of the molecule is CCCCS(=O)(=O)[N]C(=O)O. The van der Waals surface area contributed by atoms with E-state index < -0.39 is 16.1 Å². The van der Waals surface area contributed by atoms with Crippen molar-refractivity contribution >= 4 is 16.1 Å². The number of carboxylic acid groups (broad SMARTS) is 1. The minimum atomic E-state index is -3.72. The summed E-state index contributed by atoms with van der Waals surface area (Å²) < 4.78 is 23.8. The lowest BCUT2D eigenvalue weighted by atomic mass is 10.4. The van der Waals surface area contributed by atoms with Crippen LogP contribution in [0, 0.1) is 0 Å². The Labute approximate surface area is 65.5 Å². The fourth-order valence-corrected chi connectivity index (χ4v) is 1.47. The van der Waals surface area contributed by atoms with Gasteiger partial charge in [0.2, 0.25) is 0 Å². The highest BCUT2D eigenvalue weighted by atomic mass is 32.2. The van der Waals surface area contributed by atoms with E-state index in [-0.39, 0.29) is 5.75 Å². The van der Waals surface area contributed by atoms with Gasteiger partial charge in [-0.15, -0.1) is 0 Å². The van der Waals surface area contributed by atoms with E-state index in [1.165, 1.54) is 0 Å². The van der Waals surface area contributed by atoms with Gasteiger partial charge in [0.15, 0.2) is 0 Å². The van der Waals surface area contributed by atoms with Crippen LogP contribution in [-0.2, 0) is 10.0 Å². The second-order valence-electron chi connectivity index (χ2n) is 2.01. The third kappa shape index (κ3) is 5.65. The van der Waals surface area contributed by atoms with Crippen molar-refractivity contribution in [2.24, 2.45) is 0 Å². The van der Waals surface area contributed by atoms with Gasteiger partial charge in [-0.2, -0.15) is 0 Å². The molecule has 0 aliphatic carbocycles. The lowest BCUT2D eigenvalue weighted by molar-refractivity contribution is 0.200. The van der Waals surface area contributed by atoms with Gasteiger partial charge in [-0.25, -0.2) is 13.2 Å². The van der Waals surface area contributed by atoms with E-state index in [1.54, 1.807) is 0 Å². The molecular formula is C5H10NO4S. The van der Waals surface area contributed by atoms with Gasteiger partial charge in [0.25, 0.3) is 10.0 Å². The summed E-state index contributed by atoms with van der Waals surface area (Å²) in [5.41, 5.74) is 0. The maximum absolute atomic E-state index is 10.7. The smallest absolute Gasteiger partial charge is 0.442 e. The molecule has 1 radical (unpaired) electrons. The molecule has 0 atom stereocenters. The Morgan fingerprint density at radius 2 is 2.09 bits per heavy atom. The molecule has 0 unspecified atom stereocenters. The van der Waals surface area contributed by atoms with Crippen molar-refractivity contribution in [1.82, 2.24) is 4.72 Å². The quantitative estimate of drug-likeness (QED) is 0.678. The summed E-state index contributed by atoms with van der Waals surface area (Å²) in [6.07, 6.45) is -0.505. The zero-order valence-corrected chi connectivity index (χ0v) is 6.97. The molecule has 6 heteroatoms. The molecule has 0 aliphatic heterocycles. The Bertz CT molecular complexity index is 221. The van der Waals surface area contributed by atoms with E-state index in [9.17, 15) is 13.2 Å². The highest BCUT2D eigenvalue weighted by molar-refractivity contribution is 7.89. The summed E-state index contributed by atoms with van der Waals surface area (Å²) in [6, 6.07) is 0. The number of nitrogens with zero attached hydrogens (tertiary/aromatic N) is 1. The van der Waals surface area contributed by atoms with Crippen molar-refractivity contribution in [3.8, 4) is 0 Å². The van der Waals surface area contributed by atoms with E-state index in [2.05, 4.69) is 4.72 Å². The van der Waals surface area contributed by atoms with E-state index in [1.807, 2.05) is 6.92 Å². The molecule has 5 nitrogen and oxygen atoms in total. The van der Waals surface area contributed by atoms with Crippen LogP contribution in [0.25, 0.3) is 0 Å². The number of unbranched alkanes of at least 4 members (excludes halogenated alkanes) is 1. The van der Waals surface area contributed by atoms with Crippen LogP contribution in [-0.4, -0.2) is 25.4 Å². The monoisotopic (exact) mass is 180 g/mol. The highest BCUT2D eigenvalue weighted by Gasteiger charge is 2.14.